The standard InChI is InChI=1S/C7H12N4O3/c1-13-5-3-6(14-2)11(4-9-5)10-7(8)12/h3H,4H2,1-2H3,(H3,8,10,12). The van der Waals surface area contributed by atoms with E-state index in [1.165, 1.54) is 19.2 Å². The van der Waals surface area contributed by atoms with Gasteiger partial charge >= 0.3 is 6.03 Å². The van der Waals surface area contributed by atoms with Gasteiger partial charge in [-0.15, -0.1) is 0 Å². The molecule has 7 nitrogen and oxygen atoms in total. The normalized spacial score (nSPS) is 15.4. The van der Waals surface area contributed by atoms with Crippen LogP contribution in [0.3, 0.4) is 0 Å². The number of amides is 2. The summed E-state index contributed by atoms with van der Waals surface area (Å²) in [5, 5.41) is 1.37. The minimum absolute atomic E-state index is 0.200. The van der Waals surface area contributed by atoms with Gasteiger partial charge in [-0.2, -0.15) is 0 Å². The number of nitrogens with one attached hydrogen (secondary N) is 1. The van der Waals surface area contributed by atoms with Crippen molar-refractivity contribution in [3.8, 4) is 0 Å². The van der Waals surface area contributed by atoms with Gasteiger partial charge in [0.1, 0.15) is 6.67 Å². The Kier molecular flexibility index (Phi) is 3.16. The molecule has 14 heavy (non-hydrogen) atoms. The number of nitrogens with two attached hydrogens (primary N) is 1. The molecular formula is C7H12N4O3. The van der Waals surface area contributed by atoms with Crippen LogP contribution >= 0.6 is 0 Å². The SMILES string of the molecule is COC1=CC(OC)=NCN1NC(N)=O. The number of nitrogens with zero attached hydrogens (tertiary/aromatic N) is 2. The lowest BCUT2D eigenvalue weighted by Crippen LogP contribution is -2.46. The molecule has 1 heterocycles. The van der Waals surface area contributed by atoms with E-state index in [4.69, 9.17) is 15.2 Å². The van der Waals surface area contributed by atoms with E-state index in [9.17, 15) is 4.79 Å². The molecule has 0 atom stereocenters. The number of hydrogen-bond acceptors (Lipinski definition) is 5. The molecule has 0 aromatic rings. The number of primary amides is 1. The largest absolute Gasteiger partial charge is 0.481 e. The number of hydrazine groups is 1. The van der Waals surface area contributed by atoms with Crippen LogP contribution in [0, 0.1) is 0 Å². The van der Waals surface area contributed by atoms with Crippen molar-refractivity contribution in [1.29, 1.82) is 0 Å². The Balaban J connectivity index is 2.70. The first-order chi connectivity index (χ1) is 6.67. The monoisotopic (exact) mass is 200 g/mol. The predicted molar refractivity (Wildman–Crippen MR) is 49.0 cm³/mol. The summed E-state index contributed by atoms with van der Waals surface area (Å²) in [6.45, 7) is 0.200. The van der Waals surface area contributed by atoms with Crippen LogP contribution in [0.5, 0.6) is 0 Å². The molecule has 0 saturated heterocycles. The lowest BCUT2D eigenvalue weighted by molar-refractivity contribution is 0.117. The molecule has 78 valence electrons. The maximum absolute atomic E-state index is 10.6. The number of aliphatic imine (C=N–C) groups is 1. The lowest BCUT2D eigenvalue weighted by Gasteiger charge is -2.26. The molecule has 1 aliphatic rings. The highest BCUT2D eigenvalue weighted by molar-refractivity contribution is 5.88. The zero-order valence-electron chi connectivity index (χ0n) is 7.98. The number of urea groups is 1. The van der Waals surface area contributed by atoms with E-state index < -0.39 is 6.03 Å². The topological polar surface area (TPSA) is 89.2 Å². The Hall–Kier alpha value is -1.92. The van der Waals surface area contributed by atoms with Gasteiger partial charge in [0.25, 0.3) is 0 Å². The molecule has 0 spiro atoms. The molecule has 0 aromatic heterocycles. The zero-order chi connectivity index (χ0) is 10.6. The van der Waals surface area contributed by atoms with Crippen molar-refractivity contribution in [3.63, 3.8) is 0 Å². The predicted octanol–water partition coefficient (Wildman–Crippen LogP) is -0.624. The van der Waals surface area contributed by atoms with Crippen molar-refractivity contribution in [3.05, 3.63) is 12.0 Å². The van der Waals surface area contributed by atoms with Crippen LogP contribution in [0.1, 0.15) is 0 Å². The number of hydrogen-bond donors (Lipinski definition) is 2. The molecule has 0 unspecified atom stereocenters. The van der Waals surface area contributed by atoms with Crippen LogP contribution in [-0.4, -0.2) is 37.8 Å². The molecule has 3 N–H and O–H groups in total. The van der Waals surface area contributed by atoms with Crippen LogP contribution in [0.4, 0.5) is 4.79 Å². The van der Waals surface area contributed by atoms with Crippen molar-refractivity contribution in [2.75, 3.05) is 20.9 Å². The summed E-state index contributed by atoms with van der Waals surface area (Å²) in [7, 11) is 2.97. The van der Waals surface area contributed by atoms with E-state index in [1.807, 2.05) is 0 Å². The van der Waals surface area contributed by atoms with Gasteiger partial charge in [-0.1, -0.05) is 0 Å². The third kappa shape index (κ3) is 2.28. The molecule has 2 amide bonds. The quantitative estimate of drug-likeness (QED) is 0.621. The summed E-state index contributed by atoms with van der Waals surface area (Å²) in [5.74, 6) is 0.847. The van der Waals surface area contributed by atoms with Gasteiger partial charge in [0.2, 0.25) is 11.8 Å². The van der Waals surface area contributed by atoms with Crippen molar-refractivity contribution in [2.45, 2.75) is 0 Å². The van der Waals surface area contributed by atoms with E-state index >= 15 is 0 Å². The average molecular weight is 200 g/mol. The molecule has 0 aliphatic carbocycles. The van der Waals surface area contributed by atoms with Gasteiger partial charge in [-0.05, 0) is 0 Å². The van der Waals surface area contributed by atoms with E-state index in [0.29, 0.717) is 11.8 Å². The summed E-state index contributed by atoms with van der Waals surface area (Å²) in [6.07, 6.45) is 1.54. The third-order valence-electron chi connectivity index (χ3n) is 1.54. The summed E-state index contributed by atoms with van der Waals surface area (Å²) < 4.78 is 9.89. The minimum Gasteiger partial charge on any atom is -0.481 e. The lowest BCUT2D eigenvalue weighted by atomic mass is 10.5. The summed E-state index contributed by atoms with van der Waals surface area (Å²) >= 11 is 0. The second kappa shape index (κ2) is 4.35. The van der Waals surface area contributed by atoms with Crippen molar-refractivity contribution < 1.29 is 14.3 Å². The molecule has 0 saturated carbocycles. The van der Waals surface area contributed by atoms with E-state index in [0.717, 1.165) is 0 Å². The van der Waals surface area contributed by atoms with Crippen LogP contribution in [-0.2, 0) is 9.47 Å². The van der Waals surface area contributed by atoms with E-state index in [2.05, 4.69) is 10.4 Å². The highest BCUT2D eigenvalue weighted by Crippen LogP contribution is 2.08. The minimum atomic E-state index is -0.677. The molecule has 1 aliphatic heterocycles. The van der Waals surface area contributed by atoms with Crippen molar-refractivity contribution in [2.24, 2.45) is 10.7 Å². The van der Waals surface area contributed by atoms with Gasteiger partial charge in [0, 0.05) is 0 Å². The fraction of sp³-hybridized carbons (Fsp3) is 0.429. The van der Waals surface area contributed by atoms with E-state index in [1.54, 1.807) is 6.08 Å². The smallest absolute Gasteiger partial charge is 0.331 e. The molecule has 7 heteroatoms. The fourth-order valence-corrected chi connectivity index (χ4v) is 0.955. The van der Waals surface area contributed by atoms with Crippen LogP contribution in [0.2, 0.25) is 0 Å². The highest BCUT2D eigenvalue weighted by Gasteiger charge is 2.16. The first kappa shape index (κ1) is 10.2. The molecular weight excluding hydrogens is 188 g/mol. The zero-order valence-corrected chi connectivity index (χ0v) is 7.98. The van der Waals surface area contributed by atoms with Gasteiger partial charge in [-0.3, -0.25) is 0 Å². The number of ether oxygens (including phenoxy) is 2. The number of methoxy groups -OCH3 is 2. The first-order valence-corrected chi connectivity index (χ1v) is 3.85. The Morgan fingerprint density at radius 1 is 1.64 bits per heavy atom. The van der Waals surface area contributed by atoms with Gasteiger partial charge < -0.3 is 15.2 Å². The molecule has 0 bridgehead atoms. The maximum Gasteiger partial charge on any atom is 0.331 e. The van der Waals surface area contributed by atoms with Crippen molar-refractivity contribution in [1.82, 2.24) is 10.4 Å². The van der Waals surface area contributed by atoms with Gasteiger partial charge in [0.15, 0.2) is 0 Å². The van der Waals surface area contributed by atoms with Crippen LogP contribution in [0.15, 0.2) is 17.0 Å². The van der Waals surface area contributed by atoms with E-state index in [-0.39, 0.29) is 6.67 Å². The summed E-state index contributed by atoms with van der Waals surface area (Å²) in [4.78, 5) is 14.6. The number of carbonyl (C=O) groups is 1. The summed E-state index contributed by atoms with van der Waals surface area (Å²) in [5.41, 5.74) is 7.30. The molecule has 1 rings (SSSR count). The summed E-state index contributed by atoms with van der Waals surface area (Å²) in [6, 6.07) is -0.677. The average Bonchev–Trinajstić information content (AvgIpc) is 2.17. The van der Waals surface area contributed by atoms with Gasteiger partial charge in [0.05, 0.1) is 20.3 Å². The Morgan fingerprint density at radius 3 is 2.86 bits per heavy atom. The molecule has 0 radical (unpaired) electrons. The number of rotatable bonds is 2. The Morgan fingerprint density at radius 2 is 2.36 bits per heavy atom. The van der Waals surface area contributed by atoms with Crippen LogP contribution < -0.4 is 11.2 Å². The second-order valence-corrected chi connectivity index (χ2v) is 2.43. The van der Waals surface area contributed by atoms with Gasteiger partial charge in [-0.25, -0.2) is 20.2 Å². The fourth-order valence-electron chi connectivity index (χ4n) is 0.955. The molecule has 0 fully saturated rings. The number of carbonyl (C=O) groups excluding carboxylic acids is 1. The third-order valence-corrected chi connectivity index (χ3v) is 1.54. The van der Waals surface area contributed by atoms with Crippen LogP contribution in [0.25, 0.3) is 0 Å². The molecule has 0 aromatic carbocycles. The Labute approximate surface area is 81.1 Å². The highest BCUT2D eigenvalue weighted by atomic mass is 16.5. The first-order valence-electron chi connectivity index (χ1n) is 3.85. The van der Waals surface area contributed by atoms with Crippen molar-refractivity contribution >= 4 is 11.9 Å². The Bertz CT molecular complexity index is 287. The maximum atomic E-state index is 10.6. The second-order valence-electron chi connectivity index (χ2n) is 2.43.